The molecular formula is C12H13FN4O2S2. The molecule has 4 N–H and O–H groups in total. The summed E-state index contributed by atoms with van der Waals surface area (Å²) in [6.45, 7) is 1.85. The number of aromatic nitrogens is 2. The molecule has 0 fully saturated rings. The molecule has 9 heteroatoms. The average molecular weight is 328 g/mol. The zero-order valence-electron chi connectivity index (χ0n) is 11.1. The summed E-state index contributed by atoms with van der Waals surface area (Å²) >= 11 is 4.69. The highest BCUT2D eigenvalue weighted by atomic mass is 32.2. The molecule has 0 saturated heterocycles. The number of thiocarbonyl (C=S) groups is 1. The lowest BCUT2D eigenvalue weighted by Gasteiger charge is -2.08. The van der Waals surface area contributed by atoms with Crippen molar-refractivity contribution >= 4 is 27.2 Å². The summed E-state index contributed by atoms with van der Waals surface area (Å²) in [5.41, 5.74) is 6.74. The molecule has 0 radical (unpaired) electrons. The van der Waals surface area contributed by atoms with Gasteiger partial charge in [-0.3, -0.25) is 5.10 Å². The van der Waals surface area contributed by atoms with Crippen molar-refractivity contribution < 1.29 is 12.8 Å². The van der Waals surface area contributed by atoms with Crippen LogP contribution in [-0.4, -0.2) is 23.6 Å². The highest BCUT2D eigenvalue weighted by molar-refractivity contribution is 7.89. The number of hydrogen-bond donors (Lipinski definition) is 3. The second kappa shape index (κ2) is 5.88. The molecule has 2 rings (SSSR count). The second-order valence-corrected chi connectivity index (χ2v) is 6.56. The number of rotatable bonds is 5. The van der Waals surface area contributed by atoms with E-state index in [0.29, 0.717) is 0 Å². The van der Waals surface area contributed by atoms with Crippen LogP contribution in [0.25, 0.3) is 0 Å². The minimum atomic E-state index is -3.80. The molecule has 0 amide bonds. The molecule has 6 nitrogen and oxygen atoms in total. The van der Waals surface area contributed by atoms with Crippen molar-refractivity contribution in [3.05, 3.63) is 47.0 Å². The van der Waals surface area contributed by atoms with Crippen LogP contribution >= 0.6 is 12.2 Å². The minimum Gasteiger partial charge on any atom is -0.389 e. The zero-order chi connectivity index (χ0) is 15.6. The predicted octanol–water partition coefficient (Wildman–Crippen LogP) is 0.970. The number of nitrogens with two attached hydrogens (primary N) is 1. The van der Waals surface area contributed by atoms with Gasteiger partial charge < -0.3 is 5.73 Å². The molecule has 0 aliphatic carbocycles. The number of benzene rings is 1. The number of halogens is 1. The molecule has 1 aromatic carbocycles. The van der Waals surface area contributed by atoms with Gasteiger partial charge in [0.1, 0.15) is 10.8 Å². The van der Waals surface area contributed by atoms with Crippen LogP contribution in [0.4, 0.5) is 4.39 Å². The van der Waals surface area contributed by atoms with Crippen LogP contribution in [0.15, 0.2) is 29.3 Å². The Morgan fingerprint density at radius 3 is 2.81 bits per heavy atom. The summed E-state index contributed by atoms with van der Waals surface area (Å²) in [6.07, 6.45) is 1.53. The Hall–Kier alpha value is -1.84. The minimum absolute atomic E-state index is 0.0739. The fourth-order valence-electron chi connectivity index (χ4n) is 1.67. The first-order valence-corrected chi connectivity index (χ1v) is 7.78. The van der Waals surface area contributed by atoms with Crippen LogP contribution in [0.1, 0.15) is 16.8 Å². The van der Waals surface area contributed by atoms with Crippen molar-refractivity contribution in [1.29, 1.82) is 0 Å². The van der Waals surface area contributed by atoms with Gasteiger partial charge in [-0.1, -0.05) is 12.2 Å². The molecule has 0 spiro atoms. The van der Waals surface area contributed by atoms with Gasteiger partial charge in [0, 0.05) is 23.4 Å². The van der Waals surface area contributed by atoms with E-state index in [2.05, 4.69) is 27.1 Å². The van der Waals surface area contributed by atoms with Gasteiger partial charge in [0.25, 0.3) is 0 Å². The maximum absolute atomic E-state index is 13.5. The van der Waals surface area contributed by atoms with Gasteiger partial charge in [0.05, 0.1) is 11.1 Å². The first-order valence-electron chi connectivity index (χ1n) is 5.89. The lowest BCUT2D eigenvalue weighted by atomic mass is 10.2. The molecule has 21 heavy (non-hydrogen) atoms. The van der Waals surface area contributed by atoms with Gasteiger partial charge in [-0.05, 0) is 25.1 Å². The highest BCUT2D eigenvalue weighted by Crippen LogP contribution is 2.15. The number of sulfonamides is 1. The Morgan fingerprint density at radius 2 is 2.24 bits per heavy atom. The lowest BCUT2D eigenvalue weighted by Crippen LogP contribution is -2.24. The molecule has 0 atom stereocenters. The standard InChI is InChI=1S/C12H13FN4O2S2/c1-7-8(5-15-17-7)6-16-21(18,19)9-2-3-11(13)10(4-9)12(14)20/h2-5,16H,6H2,1H3,(H2,14,20)(H,15,17). The van der Waals surface area contributed by atoms with E-state index >= 15 is 0 Å². The molecule has 1 aromatic heterocycles. The second-order valence-electron chi connectivity index (χ2n) is 4.35. The van der Waals surface area contributed by atoms with E-state index in [1.54, 1.807) is 6.92 Å². The van der Waals surface area contributed by atoms with Crippen molar-refractivity contribution in [2.24, 2.45) is 5.73 Å². The van der Waals surface area contributed by atoms with E-state index < -0.39 is 15.8 Å². The number of aromatic amines is 1. The van der Waals surface area contributed by atoms with Gasteiger partial charge in [-0.25, -0.2) is 17.5 Å². The van der Waals surface area contributed by atoms with Gasteiger partial charge >= 0.3 is 0 Å². The highest BCUT2D eigenvalue weighted by Gasteiger charge is 2.17. The summed E-state index contributed by atoms with van der Waals surface area (Å²) in [4.78, 5) is -0.303. The monoisotopic (exact) mass is 328 g/mol. The average Bonchev–Trinajstić information content (AvgIpc) is 2.82. The molecular weight excluding hydrogens is 315 g/mol. The Bertz CT molecular complexity index is 786. The molecule has 0 saturated carbocycles. The molecule has 2 aromatic rings. The van der Waals surface area contributed by atoms with Crippen LogP contribution < -0.4 is 10.5 Å². The topological polar surface area (TPSA) is 101 Å². The first kappa shape index (κ1) is 15.5. The molecule has 0 aliphatic rings. The molecule has 0 aliphatic heterocycles. The third-order valence-electron chi connectivity index (χ3n) is 2.90. The molecule has 0 bridgehead atoms. The van der Waals surface area contributed by atoms with Crippen LogP contribution in [0.2, 0.25) is 0 Å². The van der Waals surface area contributed by atoms with Crippen molar-refractivity contribution in [3.63, 3.8) is 0 Å². The van der Waals surface area contributed by atoms with Crippen LogP contribution in [0.5, 0.6) is 0 Å². The third kappa shape index (κ3) is 3.43. The van der Waals surface area contributed by atoms with Crippen LogP contribution in [0, 0.1) is 12.7 Å². The maximum Gasteiger partial charge on any atom is 0.240 e. The van der Waals surface area contributed by atoms with Crippen molar-refractivity contribution in [3.8, 4) is 0 Å². The van der Waals surface area contributed by atoms with E-state index in [1.165, 1.54) is 6.20 Å². The summed E-state index contributed by atoms with van der Waals surface area (Å²) in [7, 11) is -3.80. The summed E-state index contributed by atoms with van der Waals surface area (Å²) in [6, 6.07) is 3.29. The van der Waals surface area contributed by atoms with Gasteiger partial charge in [-0.2, -0.15) is 5.10 Å². The Kier molecular flexibility index (Phi) is 4.35. The molecule has 0 unspecified atom stereocenters. The summed E-state index contributed by atoms with van der Waals surface area (Å²) < 4.78 is 40.2. The number of aryl methyl sites for hydroxylation is 1. The third-order valence-corrected chi connectivity index (χ3v) is 4.52. The van der Waals surface area contributed by atoms with Crippen LogP contribution in [-0.2, 0) is 16.6 Å². The quantitative estimate of drug-likeness (QED) is 0.710. The van der Waals surface area contributed by atoms with Gasteiger partial charge in [-0.15, -0.1) is 0 Å². The Morgan fingerprint density at radius 1 is 1.52 bits per heavy atom. The predicted molar refractivity (Wildman–Crippen MR) is 79.6 cm³/mol. The number of hydrogen-bond acceptors (Lipinski definition) is 4. The zero-order valence-corrected chi connectivity index (χ0v) is 12.7. The number of nitrogens with zero attached hydrogens (tertiary/aromatic N) is 1. The first-order chi connectivity index (χ1) is 9.81. The van der Waals surface area contributed by atoms with E-state index in [0.717, 1.165) is 29.5 Å². The normalized spacial score (nSPS) is 11.5. The van der Waals surface area contributed by atoms with E-state index in [4.69, 9.17) is 5.73 Å². The fraction of sp³-hybridized carbons (Fsp3) is 0.167. The van der Waals surface area contributed by atoms with Gasteiger partial charge in [0.2, 0.25) is 10.0 Å². The summed E-state index contributed by atoms with van der Waals surface area (Å²) in [5, 5.41) is 6.51. The maximum atomic E-state index is 13.5. The van der Waals surface area contributed by atoms with Crippen LogP contribution in [0.3, 0.4) is 0 Å². The van der Waals surface area contributed by atoms with E-state index in [9.17, 15) is 12.8 Å². The van der Waals surface area contributed by atoms with Crippen molar-refractivity contribution in [2.45, 2.75) is 18.4 Å². The number of H-pyrrole nitrogens is 1. The smallest absolute Gasteiger partial charge is 0.240 e. The largest absolute Gasteiger partial charge is 0.389 e. The lowest BCUT2D eigenvalue weighted by molar-refractivity contribution is 0.580. The van der Waals surface area contributed by atoms with E-state index in [1.807, 2.05) is 0 Å². The molecule has 112 valence electrons. The Labute approximate surface area is 126 Å². The van der Waals surface area contributed by atoms with Crippen molar-refractivity contribution in [1.82, 2.24) is 14.9 Å². The fourth-order valence-corrected chi connectivity index (χ4v) is 2.86. The SMILES string of the molecule is Cc1[nH]ncc1CNS(=O)(=O)c1ccc(F)c(C(N)=S)c1. The summed E-state index contributed by atoms with van der Waals surface area (Å²) in [5.74, 6) is -0.660. The van der Waals surface area contributed by atoms with E-state index in [-0.39, 0.29) is 22.0 Å². The molecule has 1 heterocycles. The Balaban J connectivity index is 2.26. The van der Waals surface area contributed by atoms with Gasteiger partial charge in [0.15, 0.2) is 0 Å². The number of nitrogens with one attached hydrogen (secondary N) is 2. The van der Waals surface area contributed by atoms with Crippen molar-refractivity contribution in [2.75, 3.05) is 0 Å².